The fraction of sp³-hybridized carbons (Fsp3) is 0.467. The average molecular weight is 291 g/mol. The minimum absolute atomic E-state index is 0.0631. The van der Waals surface area contributed by atoms with Crippen molar-refractivity contribution in [2.75, 3.05) is 6.54 Å². The van der Waals surface area contributed by atoms with Crippen LogP contribution in [0.3, 0.4) is 0 Å². The zero-order chi connectivity index (χ0) is 15.5. The van der Waals surface area contributed by atoms with Gasteiger partial charge in [-0.3, -0.25) is 9.36 Å². The maximum atomic E-state index is 12.0. The van der Waals surface area contributed by atoms with Gasteiger partial charge in [-0.1, -0.05) is 26.0 Å². The molecule has 0 bridgehead atoms. The number of hydrogen-bond donors (Lipinski definition) is 3. The Morgan fingerprint density at radius 2 is 2.00 bits per heavy atom. The van der Waals surface area contributed by atoms with E-state index in [1.807, 2.05) is 26.0 Å². The molecule has 6 heteroatoms. The second kappa shape index (κ2) is 6.13. The van der Waals surface area contributed by atoms with Crippen molar-refractivity contribution < 1.29 is 9.90 Å². The van der Waals surface area contributed by atoms with E-state index in [1.165, 1.54) is 4.57 Å². The zero-order valence-corrected chi connectivity index (χ0v) is 12.3. The number of H-pyrrole nitrogens is 1. The second-order valence-electron chi connectivity index (χ2n) is 5.24. The van der Waals surface area contributed by atoms with Crippen molar-refractivity contribution in [1.29, 1.82) is 0 Å². The van der Waals surface area contributed by atoms with Crippen molar-refractivity contribution in [3.05, 3.63) is 34.7 Å². The Bertz CT molecular complexity index is 683. The van der Waals surface area contributed by atoms with E-state index >= 15 is 0 Å². The molecule has 1 aromatic carbocycles. The van der Waals surface area contributed by atoms with Crippen LogP contribution in [0, 0.1) is 0 Å². The molecule has 6 nitrogen and oxygen atoms in total. The first-order chi connectivity index (χ1) is 9.99. The first kappa shape index (κ1) is 15.3. The molecular weight excluding hydrogens is 270 g/mol. The first-order valence-corrected chi connectivity index (χ1v) is 7.15. The molecule has 2 aromatic rings. The van der Waals surface area contributed by atoms with Crippen LogP contribution in [0.5, 0.6) is 0 Å². The lowest BCUT2D eigenvalue weighted by atomic mass is 9.98. The number of nitrogens with one attached hydrogen (secondary N) is 2. The summed E-state index contributed by atoms with van der Waals surface area (Å²) in [4.78, 5) is 26.6. The molecule has 21 heavy (non-hydrogen) atoms. The van der Waals surface area contributed by atoms with Gasteiger partial charge in [-0.15, -0.1) is 0 Å². The molecular formula is C15H21N3O3. The maximum absolute atomic E-state index is 12.0. The molecule has 1 amide bonds. The Balaban J connectivity index is 2.09. The quantitative estimate of drug-likeness (QED) is 0.742. The van der Waals surface area contributed by atoms with E-state index in [2.05, 4.69) is 10.3 Å². The standard InChI is InChI=1S/C15H21N3O3/c1-3-15(21,4-2)10-16-13(19)9-18-12-8-6-5-7-11(12)17-14(18)20/h5-8,21H,3-4,9-10H2,1-2H3,(H,16,19)(H,17,20). The summed E-state index contributed by atoms with van der Waals surface area (Å²) in [6.07, 6.45) is 1.13. The van der Waals surface area contributed by atoms with Crippen LogP contribution in [-0.4, -0.2) is 32.7 Å². The van der Waals surface area contributed by atoms with E-state index in [-0.39, 0.29) is 24.7 Å². The molecule has 1 aromatic heterocycles. The van der Waals surface area contributed by atoms with Gasteiger partial charge in [-0.2, -0.15) is 0 Å². The highest BCUT2D eigenvalue weighted by Crippen LogP contribution is 2.13. The molecule has 114 valence electrons. The predicted octanol–water partition coefficient (Wildman–Crippen LogP) is 0.997. The SMILES string of the molecule is CCC(O)(CC)CNC(=O)Cn1c(=O)[nH]c2ccccc21. The molecule has 0 fully saturated rings. The Morgan fingerprint density at radius 3 is 2.67 bits per heavy atom. The number of carbonyl (C=O) groups is 1. The Morgan fingerprint density at radius 1 is 1.33 bits per heavy atom. The Labute approximate surface area is 122 Å². The van der Waals surface area contributed by atoms with E-state index in [9.17, 15) is 14.7 Å². The maximum Gasteiger partial charge on any atom is 0.326 e. The fourth-order valence-electron chi connectivity index (χ4n) is 2.23. The second-order valence-corrected chi connectivity index (χ2v) is 5.24. The van der Waals surface area contributed by atoms with Gasteiger partial charge in [-0.05, 0) is 25.0 Å². The van der Waals surface area contributed by atoms with Crippen LogP contribution >= 0.6 is 0 Å². The van der Waals surface area contributed by atoms with Gasteiger partial charge in [0.1, 0.15) is 6.54 Å². The third-order valence-electron chi connectivity index (χ3n) is 3.91. The Kier molecular flexibility index (Phi) is 4.47. The predicted molar refractivity (Wildman–Crippen MR) is 81.1 cm³/mol. The number of hydrogen-bond acceptors (Lipinski definition) is 3. The van der Waals surface area contributed by atoms with Crippen LogP contribution in [-0.2, 0) is 11.3 Å². The number of imidazole rings is 1. The van der Waals surface area contributed by atoms with Crippen molar-refractivity contribution in [1.82, 2.24) is 14.9 Å². The Hall–Kier alpha value is -2.08. The van der Waals surface area contributed by atoms with Gasteiger partial charge in [-0.25, -0.2) is 4.79 Å². The molecule has 0 aliphatic carbocycles. The van der Waals surface area contributed by atoms with Gasteiger partial charge in [0.05, 0.1) is 16.6 Å². The lowest BCUT2D eigenvalue weighted by Crippen LogP contribution is -2.43. The molecule has 0 saturated heterocycles. The normalized spacial score (nSPS) is 11.8. The van der Waals surface area contributed by atoms with Gasteiger partial charge < -0.3 is 15.4 Å². The van der Waals surface area contributed by atoms with Crippen LogP contribution in [0.15, 0.2) is 29.1 Å². The third-order valence-corrected chi connectivity index (χ3v) is 3.91. The number of aliphatic hydroxyl groups is 1. The zero-order valence-electron chi connectivity index (χ0n) is 12.3. The first-order valence-electron chi connectivity index (χ1n) is 7.15. The molecule has 0 spiro atoms. The van der Waals surface area contributed by atoms with Crippen LogP contribution in [0.4, 0.5) is 0 Å². The number of aromatic nitrogens is 2. The fourth-order valence-corrected chi connectivity index (χ4v) is 2.23. The number of carbonyl (C=O) groups excluding carboxylic acids is 1. The van der Waals surface area contributed by atoms with Crippen molar-refractivity contribution in [2.45, 2.75) is 38.8 Å². The molecule has 0 saturated carbocycles. The minimum Gasteiger partial charge on any atom is -0.388 e. The molecule has 2 rings (SSSR count). The van der Waals surface area contributed by atoms with E-state index in [0.29, 0.717) is 23.9 Å². The summed E-state index contributed by atoms with van der Waals surface area (Å²) in [5, 5.41) is 12.8. The molecule has 0 radical (unpaired) electrons. The number of fused-ring (bicyclic) bond motifs is 1. The van der Waals surface area contributed by atoms with Crippen molar-refractivity contribution in [3.8, 4) is 0 Å². The summed E-state index contributed by atoms with van der Waals surface area (Å²) in [5.74, 6) is -0.290. The van der Waals surface area contributed by atoms with E-state index in [0.717, 1.165) is 0 Å². The topological polar surface area (TPSA) is 87.1 Å². The van der Waals surface area contributed by atoms with Crippen LogP contribution < -0.4 is 11.0 Å². The summed E-state index contributed by atoms with van der Waals surface area (Å²) < 4.78 is 1.39. The number of aromatic amines is 1. The highest BCUT2D eigenvalue weighted by molar-refractivity contribution is 5.80. The molecule has 0 atom stereocenters. The molecule has 0 unspecified atom stereocenters. The summed E-state index contributed by atoms with van der Waals surface area (Å²) >= 11 is 0. The van der Waals surface area contributed by atoms with Crippen molar-refractivity contribution >= 4 is 16.9 Å². The largest absolute Gasteiger partial charge is 0.388 e. The summed E-state index contributed by atoms with van der Waals surface area (Å²) in [7, 11) is 0. The van der Waals surface area contributed by atoms with Gasteiger partial charge >= 0.3 is 5.69 Å². The number of para-hydroxylation sites is 2. The highest BCUT2D eigenvalue weighted by atomic mass is 16.3. The summed E-state index contributed by atoms with van der Waals surface area (Å²) in [6.45, 7) is 3.88. The summed E-state index contributed by atoms with van der Waals surface area (Å²) in [6, 6.07) is 7.22. The smallest absolute Gasteiger partial charge is 0.326 e. The molecule has 1 heterocycles. The van der Waals surface area contributed by atoms with Gasteiger partial charge in [0.15, 0.2) is 0 Å². The van der Waals surface area contributed by atoms with Crippen LogP contribution in [0.1, 0.15) is 26.7 Å². The molecule has 0 aliphatic heterocycles. The lowest BCUT2D eigenvalue weighted by molar-refractivity contribution is -0.123. The van der Waals surface area contributed by atoms with Crippen LogP contribution in [0.2, 0.25) is 0 Å². The molecule has 0 aliphatic rings. The van der Waals surface area contributed by atoms with Gasteiger partial charge in [0.2, 0.25) is 5.91 Å². The monoisotopic (exact) mass is 291 g/mol. The average Bonchev–Trinajstić information content (AvgIpc) is 2.81. The van der Waals surface area contributed by atoms with E-state index in [4.69, 9.17) is 0 Å². The number of nitrogens with zero attached hydrogens (tertiary/aromatic N) is 1. The molecule has 3 N–H and O–H groups in total. The van der Waals surface area contributed by atoms with Crippen LogP contribution in [0.25, 0.3) is 11.0 Å². The lowest BCUT2D eigenvalue weighted by Gasteiger charge is -2.25. The van der Waals surface area contributed by atoms with Crippen molar-refractivity contribution in [2.24, 2.45) is 0 Å². The van der Waals surface area contributed by atoms with E-state index < -0.39 is 5.60 Å². The third kappa shape index (κ3) is 3.33. The van der Waals surface area contributed by atoms with Gasteiger partial charge in [0, 0.05) is 6.54 Å². The number of amides is 1. The highest BCUT2D eigenvalue weighted by Gasteiger charge is 2.23. The van der Waals surface area contributed by atoms with Gasteiger partial charge in [0.25, 0.3) is 0 Å². The van der Waals surface area contributed by atoms with E-state index in [1.54, 1.807) is 12.1 Å². The summed E-state index contributed by atoms with van der Waals surface area (Å²) in [5.41, 5.74) is 0.196. The number of benzene rings is 1. The van der Waals surface area contributed by atoms with Crippen molar-refractivity contribution in [3.63, 3.8) is 0 Å². The minimum atomic E-state index is -0.888. The number of rotatable bonds is 6.